The van der Waals surface area contributed by atoms with Gasteiger partial charge in [-0.25, -0.2) is 4.98 Å². The van der Waals surface area contributed by atoms with E-state index in [1.54, 1.807) is 43.6 Å². The van der Waals surface area contributed by atoms with E-state index in [1.165, 1.54) is 29.7 Å². The van der Waals surface area contributed by atoms with Crippen LogP contribution in [0.15, 0.2) is 85.2 Å². The first-order valence-corrected chi connectivity index (χ1v) is 18.0. The molecule has 0 atom stereocenters. The van der Waals surface area contributed by atoms with Crippen LogP contribution < -0.4 is 25.2 Å². The number of carbonyl (C=O) groups excluding carboxylic acids is 3. The lowest BCUT2D eigenvalue weighted by Gasteiger charge is -2.30. The van der Waals surface area contributed by atoms with Crippen molar-refractivity contribution in [1.29, 1.82) is 0 Å². The molecule has 0 unspecified atom stereocenters. The molecule has 5 aromatic rings. The van der Waals surface area contributed by atoms with Crippen molar-refractivity contribution in [3.05, 3.63) is 123 Å². The van der Waals surface area contributed by atoms with Crippen molar-refractivity contribution in [3.8, 4) is 5.75 Å². The Bertz CT molecular complexity index is 2140. The summed E-state index contributed by atoms with van der Waals surface area (Å²) in [7, 11) is 1.57. The van der Waals surface area contributed by atoms with Gasteiger partial charge in [0.25, 0.3) is 5.91 Å². The molecule has 1 aliphatic heterocycles. The van der Waals surface area contributed by atoms with Gasteiger partial charge in [0.05, 0.1) is 29.5 Å². The van der Waals surface area contributed by atoms with E-state index in [9.17, 15) is 14.4 Å². The normalized spacial score (nSPS) is 12.9. The van der Waals surface area contributed by atoms with Gasteiger partial charge >= 0.3 is 0 Å². The topological polar surface area (TPSA) is 130 Å². The summed E-state index contributed by atoms with van der Waals surface area (Å²) < 4.78 is 6.30. The molecule has 0 aliphatic carbocycles. The zero-order valence-electron chi connectivity index (χ0n) is 29.4. The van der Waals surface area contributed by atoms with Crippen molar-refractivity contribution in [3.63, 3.8) is 0 Å². The van der Waals surface area contributed by atoms with E-state index in [0.29, 0.717) is 27.6 Å². The number of hydrogen-bond donors (Lipinski definition) is 2. The number of anilines is 2. The molecule has 1 aliphatic rings. The van der Waals surface area contributed by atoms with Crippen LogP contribution in [0.25, 0.3) is 17.0 Å². The van der Waals surface area contributed by atoms with Gasteiger partial charge in [0.1, 0.15) is 23.6 Å². The SMILES string of the molecule is Cc1cc(N2CCCCC2)c2cccc(OCc3c(Cl)ccc(N(C)C(=O)CNC(=O)/C=C/c4ccc(C(=O)NCc5ccccn5)nc4)c3Cl)c2n1. The van der Waals surface area contributed by atoms with E-state index in [-0.39, 0.29) is 36.3 Å². The Morgan fingerprint density at radius 2 is 1.79 bits per heavy atom. The molecule has 11 nitrogen and oxygen atoms in total. The van der Waals surface area contributed by atoms with Crippen LogP contribution in [0.4, 0.5) is 11.4 Å². The lowest BCUT2D eigenvalue weighted by Crippen LogP contribution is -2.37. The predicted octanol–water partition coefficient (Wildman–Crippen LogP) is 6.93. The zero-order chi connectivity index (χ0) is 37.3. The molecule has 272 valence electrons. The Kier molecular flexibility index (Phi) is 12.2. The number of aromatic nitrogens is 3. The predicted molar refractivity (Wildman–Crippen MR) is 208 cm³/mol. The summed E-state index contributed by atoms with van der Waals surface area (Å²) in [6, 6.07) is 20.0. The summed E-state index contributed by atoms with van der Waals surface area (Å²) in [5.41, 5.74) is 5.32. The maximum Gasteiger partial charge on any atom is 0.270 e. The number of fused-ring (bicyclic) bond motifs is 1. The van der Waals surface area contributed by atoms with Gasteiger partial charge in [0.2, 0.25) is 11.8 Å². The summed E-state index contributed by atoms with van der Waals surface area (Å²) in [5, 5.41) is 7.04. The highest BCUT2D eigenvalue weighted by Crippen LogP contribution is 2.37. The van der Waals surface area contributed by atoms with E-state index < -0.39 is 11.8 Å². The smallest absolute Gasteiger partial charge is 0.270 e. The minimum absolute atomic E-state index is 0.0501. The van der Waals surface area contributed by atoms with Crippen molar-refractivity contribution in [2.45, 2.75) is 39.3 Å². The van der Waals surface area contributed by atoms with Gasteiger partial charge in [0.15, 0.2) is 0 Å². The average Bonchev–Trinajstić information content (AvgIpc) is 3.18. The van der Waals surface area contributed by atoms with Gasteiger partial charge in [-0.05, 0) is 80.3 Å². The number of ether oxygens (including phenoxy) is 1. The van der Waals surface area contributed by atoms with Crippen LogP contribution in [0.1, 0.15) is 52.3 Å². The highest BCUT2D eigenvalue weighted by Gasteiger charge is 2.21. The number of para-hydroxylation sites is 1. The van der Waals surface area contributed by atoms with Crippen LogP contribution in [0.2, 0.25) is 10.0 Å². The van der Waals surface area contributed by atoms with Gasteiger partial charge in [-0.1, -0.05) is 47.5 Å². The van der Waals surface area contributed by atoms with Crippen molar-refractivity contribution in [2.24, 2.45) is 0 Å². The maximum absolute atomic E-state index is 13.1. The standard InChI is InChI=1S/C40H39Cl2N7O4/c1-26-21-34(49-19-6-3-7-20-49)29-10-8-11-35(39(29)47-26)53-25-30-31(41)14-16-33(38(30)42)48(2)37(51)24-45-36(50)17-13-27-12-15-32(44-22-27)40(52)46-23-28-9-4-5-18-43-28/h4-5,8-18,21-22H,3,6-7,19-20,23-25H2,1-2H3,(H,45,50)(H,46,52)/b17-13+. The molecule has 0 radical (unpaired) electrons. The summed E-state index contributed by atoms with van der Waals surface area (Å²) in [6.45, 7) is 4.06. The average molecular weight is 753 g/mol. The highest BCUT2D eigenvalue weighted by molar-refractivity contribution is 6.38. The molecule has 2 aromatic carbocycles. The molecular weight excluding hydrogens is 713 g/mol. The molecule has 3 aromatic heterocycles. The number of nitrogens with one attached hydrogen (secondary N) is 2. The number of likely N-dealkylation sites (N-methyl/N-ethyl adjacent to an activating group) is 1. The number of hydrogen-bond acceptors (Lipinski definition) is 8. The van der Waals surface area contributed by atoms with E-state index >= 15 is 0 Å². The summed E-state index contributed by atoms with van der Waals surface area (Å²) in [5.74, 6) is -0.617. The second-order valence-corrected chi connectivity index (χ2v) is 13.4. The lowest BCUT2D eigenvalue weighted by molar-refractivity contribution is -0.122. The number of aryl methyl sites for hydroxylation is 1. The number of benzene rings is 2. The number of piperidine rings is 1. The van der Waals surface area contributed by atoms with Gasteiger partial charge in [0, 0.05) is 66.0 Å². The molecule has 4 heterocycles. The third kappa shape index (κ3) is 9.29. The Morgan fingerprint density at radius 3 is 2.55 bits per heavy atom. The molecule has 0 bridgehead atoms. The fourth-order valence-corrected chi connectivity index (χ4v) is 6.62. The summed E-state index contributed by atoms with van der Waals surface area (Å²) in [6.07, 6.45) is 9.53. The number of halogens is 2. The molecule has 3 amide bonds. The monoisotopic (exact) mass is 751 g/mol. The molecule has 2 N–H and O–H groups in total. The number of pyridine rings is 3. The first kappa shape index (κ1) is 37.2. The van der Waals surface area contributed by atoms with Gasteiger partial charge in [-0.3, -0.25) is 24.4 Å². The second-order valence-electron chi connectivity index (χ2n) is 12.6. The molecule has 0 saturated carbocycles. The van der Waals surface area contributed by atoms with Crippen LogP contribution >= 0.6 is 23.2 Å². The maximum atomic E-state index is 13.1. The molecule has 13 heteroatoms. The molecular formula is C40H39Cl2N7O4. The fraction of sp³-hybridized carbons (Fsp3) is 0.250. The van der Waals surface area contributed by atoms with Crippen LogP contribution in [-0.2, 0) is 22.7 Å². The first-order valence-electron chi connectivity index (χ1n) is 17.3. The Labute approximate surface area is 318 Å². The summed E-state index contributed by atoms with van der Waals surface area (Å²) in [4.78, 5) is 55.1. The van der Waals surface area contributed by atoms with E-state index in [4.69, 9.17) is 32.9 Å². The Balaban J connectivity index is 1.05. The number of nitrogens with zero attached hydrogens (tertiary/aromatic N) is 5. The second kappa shape index (κ2) is 17.3. The molecule has 1 saturated heterocycles. The van der Waals surface area contributed by atoms with Crippen molar-refractivity contribution in [1.82, 2.24) is 25.6 Å². The van der Waals surface area contributed by atoms with E-state index in [2.05, 4.69) is 37.6 Å². The molecule has 1 fully saturated rings. The largest absolute Gasteiger partial charge is 0.487 e. The van der Waals surface area contributed by atoms with Crippen molar-refractivity contribution < 1.29 is 19.1 Å². The van der Waals surface area contributed by atoms with E-state index in [1.807, 2.05) is 31.2 Å². The van der Waals surface area contributed by atoms with Gasteiger partial charge in [-0.2, -0.15) is 0 Å². The lowest BCUT2D eigenvalue weighted by atomic mass is 10.1. The Morgan fingerprint density at radius 1 is 0.962 bits per heavy atom. The fourth-order valence-electron chi connectivity index (χ4n) is 6.02. The van der Waals surface area contributed by atoms with Gasteiger partial charge in [-0.15, -0.1) is 0 Å². The minimum Gasteiger partial charge on any atom is -0.487 e. The van der Waals surface area contributed by atoms with Crippen LogP contribution in [-0.4, -0.2) is 59.4 Å². The minimum atomic E-state index is -0.484. The Hall–Kier alpha value is -5.52. The third-order valence-corrected chi connectivity index (χ3v) is 9.67. The summed E-state index contributed by atoms with van der Waals surface area (Å²) >= 11 is 13.4. The van der Waals surface area contributed by atoms with E-state index in [0.717, 1.165) is 53.9 Å². The van der Waals surface area contributed by atoms with Crippen molar-refractivity contribution >= 4 is 69.3 Å². The molecule has 6 rings (SSSR count). The first-order chi connectivity index (χ1) is 25.7. The third-order valence-electron chi connectivity index (χ3n) is 8.89. The molecule has 53 heavy (non-hydrogen) atoms. The quantitative estimate of drug-likeness (QED) is 0.131. The van der Waals surface area contributed by atoms with Crippen molar-refractivity contribution in [2.75, 3.05) is 36.5 Å². The number of rotatable bonds is 12. The highest BCUT2D eigenvalue weighted by atomic mass is 35.5. The molecule has 0 spiro atoms. The van der Waals surface area contributed by atoms with Crippen LogP contribution in [0, 0.1) is 6.92 Å². The van der Waals surface area contributed by atoms with Gasteiger partial charge < -0.3 is 25.2 Å². The zero-order valence-corrected chi connectivity index (χ0v) is 31.0. The number of amides is 3. The van der Waals surface area contributed by atoms with Crippen LogP contribution in [0.5, 0.6) is 5.75 Å². The van der Waals surface area contributed by atoms with Crippen LogP contribution in [0.3, 0.4) is 0 Å². The number of carbonyl (C=O) groups is 3.